The molecule has 0 heterocycles. The molecule has 1 atom stereocenters. The molecule has 1 amide bonds. The van der Waals surface area contributed by atoms with Crippen molar-refractivity contribution >= 4 is 17.4 Å². The number of likely N-dealkylation sites (N-methyl/N-ethyl adjacent to an activating group) is 1. The molecule has 0 saturated heterocycles. The van der Waals surface area contributed by atoms with E-state index in [1.54, 1.807) is 0 Å². The van der Waals surface area contributed by atoms with Crippen LogP contribution in [-0.2, 0) is 16.0 Å². The van der Waals surface area contributed by atoms with Gasteiger partial charge in [0.1, 0.15) is 0 Å². The maximum absolute atomic E-state index is 12.1. The number of carbonyl (C=O) groups is 2. The largest absolute Gasteiger partial charge is 0.326 e. The zero-order valence-electron chi connectivity index (χ0n) is 15.0. The molecule has 2 N–H and O–H groups in total. The summed E-state index contributed by atoms with van der Waals surface area (Å²) >= 11 is 0. The summed E-state index contributed by atoms with van der Waals surface area (Å²) in [7, 11) is 1.81. The van der Waals surface area contributed by atoms with Gasteiger partial charge in [0.05, 0.1) is 6.04 Å². The van der Waals surface area contributed by atoms with E-state index in [2.05, 4.69) is 24.5 Å². The minimum absolute atomic E-state index is 0.0203. The summed E-state index contributed by atoms with van der Waals surface area (Å²) in [5.41, 5.74) is 1.89. The predicted octanol–water partition coefficient (Wildman–Crippen LogP) is 3.42. The van der Waals surface area contributed by atoms with Gasteiger partial charge in [0.25, 0.3) is 0 Å². The Balaban J connectivity index is 2.59. The molecule has 4 heteroatoms. The van der Waals surface area contributed by atoms with E-state index < -0.39 is 0 Å². The molecule has 0 radical (unpaired) electrons. The lowest BCUT2D eigenvalue weighted by Crippen LogP contribution is -2.38. The van der Waals surface area contributed by atoms with Crippen molar-refractivity contribution < 1.29 is 9.59 Å². The molecular formula is C19H30N2O2. The molecule has 0 aromatic heterocycles. The van der Waals surface area contributed by atoms with Crippen molar-refractivity contribution in [2.24, 2.45) is 11.8 Å². The average Bonchev–Trinajstić information content (AvgIpc) is 2.51. The summed E-state index contributed by atoms with van der Waals surface area (Å²) in [5, 5.41) is 6.00. The fraction of sp³-hybridized carbons (Fsp3) is 0.579. The molecule has 0 unspecified atom stereocenters. The van der Waals surface area contributed by atoms with E-state index in [-0.39, 0.29) is 23.7 Å². The van der Waals surface area contributed by atoms with Crippen LogP contribution >= 0.6 is 0 Å². The Morgan fingerprint density at radius 3 is 2.13 bits per heavy atom. The van der Waals surface area contributed by atoms with Crippen LogP contribution in [0.15, 0.2) is 24.3 Å². The monoisotopic (exact) mass is 318 g/mol. The van der Waals surface area contributed by atoms with E-state index in [0.717, 1.165) is 17.7 Å². The minimum Gasteiger partial charge on any atom is -0.326 e. The first-order valence-electron chi connectivity index (χ1n) is 8.43. The lowest BCUT2D eigenvalue weighted by molar-refractivity contribution is -0.123. The van der Waals surface area contributed by atoms with E-state index in [0.29, 0.717) is 18.8 Å². The first-order valence-corrected chi connectivity index (χ1v) is 8.43. The summed E-state index contributed by atoms with van der Waals surface area (Å²) < 4.78 is 0. The normalized spacial score (nSPS) is 12.5. The van der Waals surface area contributed by atoms with Crippen LogP contribution in [0.3, 0.4) is 0 Å². The summed E-state index contributed by atoms with van der Waals surface area (Å²) in [6.07, 6.45) is 2.10. The van der Waals surface area contributed by atoms with Crippen LogP contribution in [-0.4, -0.2) is 24.8 Å². The zero-order valence-corrected chi connectivity index (χ0v) is 15.0. The summed E-state index contributed by atoms with van der Waals surface area (Å²) in [6, 6.07) is 7.57. The minimum atomic E-state index is -0.165. The van der Waals surface area contributed by atoms with Crippen molar-refractivity contribution in [2.45, 2.75) is 53.0 Å². The first kappa shape index (κ1) is 19.4. The average molecular weight is 318 g/mol. The number of carbonyl (C=O) groups excluding carboxylic acids is 2. The Morgan fingerprint density at radius 2 is 1.65 bits per heavy atom. The Hall–Kier alpha value is -1.68. The molecule has 0 aliphatic heterocycles. The van der Waals surface area contributed by atoms with Gasteiger partial charge in [-0.2, -0.15) is 0 Å². The van der Waals surface area contributed by atoms with Crippen molar-refractivity contribution in [3.63, 3.8) is 0 Å². The van der Waals surface area contributed by atoms with E-state index in [1.807, 2.05) is 45.2 Å². The van der Waals surface area contributed by atoms with Gasteiger partial charge in [0, 0.05) is 18.0 Å². The lowest BCUT2D eigenvalue weighted by atomic mass is 9.96. The highest BCUT2D eigenvalue weighted by Gasteiger charge is 2.19. The fourth-order valence-electron chi connectivity index (χ4n) is 2.35. The zero-order chi connectivity index (χ0) is 17.4. The van der Waals surface area contributed by atoms with E-state index in [9.17, 15) is 9.59 Å². The van der Waals surface area contributed by atoms with E-state index >= 15 is 0 Å². The number of rotatable bonds is 9. The lowest BCUT2D eigenvalue weighted by Gasteiger charge is -2.17. The second-order valence-electron chi connectivity index (χ2n) is 6.78. The fourth-order valence-corrected chi connectivity index (χ4v) is 2.35. The Morgan fingerprint density at radius 1 is 1.04 bits per heavy atom. The number of benzene rings is 1. The molecule has 0 fully saturated rings. The first-order chi connectivity index (χ1) is 10.8. The molecule has 1 rings (SSSR count). The highest BCUT2D eigenvalue weighted by Crippen LogP contribution is 2.14. The molecule has 23 heavy (non-hydrogen) atoms. The van der Waals surface area contributed by atoms with Crippen LogP contribution in [0.4, 0.5) is 5.69 Å². The second-order valence-corrected chi connectivity index (χ2v) is 6.78. The molecule has 0 saturated carbocycles. The standard InChI is InChI=1S/C19H30N2O2/c1-13(2)6-11-18(22)21-16-9-7-15(8-10-16)12-17(20-5)19(23)14(3)4/h7-10,13-14,17,20H,6,11-12H2,1-5H3,(H,21,22)/t17-/m0/s1. The van der Waals surface area contributed by atoms with Crippen molar-refractivity contribution in [1.82, 2.24) is 5.32 Å². The molecule has 0 spiro atoms. The molecule has 0 bridgehead atoms. The molecule has 1 aromatic carbocycles. The highest BCUT2D eigenvalue weighted by molar-refractivity contribution is 5.90. The molecule has 0 aliphatic rings. The van der Waals surface area contributed by atoms with Gasteiger partial charge in [-0.3, -0.25) is 9.59 Å². The molecule has 1 aromatic rings. The second kappa shape index (κ2) is 9.46. The third-order valence-electron chi connectivity index (χ3n) is 3.89. The highest BCUT2D eigenvalue weighted by atomic mass is 16.1. The van der Waals surface area contributed by atoms with Gasteiger partial charge in [-0.15, -0.1) is 0 Å². The molecule has 128 valence electrons. The molecule has 4 nitrogen and oxygen atoms in total. The van der Waals surface area contributed by atoms with Crippen LogP contribution in [0.25, 0.3) is 0 Å². The number of amides is 1. The summed E-state index contributed by atoms with van der Waals surface area (Å²) in [4.78, 5) is 23.9. The Bertz CT molecular complexity index is 507. The van der Waals surface area contributed by atoms with Gasteiger partial charge >= 0.3 is 0 Å². The number of ketones is 1. The molecule has 0 aliphatic carbocycles. The van der Waals surface area contributed by atoms with Crippen LogP contribution in [0.5, 0.6) is 0 Å². The summed E-state index contributed by atoms with van der Waals surface area (Å²) in [5.74, 6) is 0.820. The number of nitrogens with one attached hydrogen (secondary N) is 2. The van der Waals surface area contributed by atoms with Crippen LogP contribution in [0, 0.1) is 11.8 Å². The van der Waals surface area contributed by atoms with Crippen molar-refractivity contribution in [3.05, 3.63) is 29.8 Å². The quantitative estimate of drug-likeness (QED) is 0.733. The predicted molar refractivity (Wildman–Crippen MR) is 95.5 cm³/mol. The van der Waals surface area contributed by atoms with Crippen molar-refractivity contribution in [1.29, 1.82) is 0 Å². The van der Waals surface area contributed by atoms with Gasteiger partial charge in [-0.1, -0.05) is 39.8 Å². The summed E-state index contributed by atoms with van der Waals surface area (Å²) in [6.45, 7) is 8.06. The van der Waals surface area contributed by atoms with E-state index in [1.165, 1.54) is 0 Å². The van der Waals surface area contributed by atoms with E-state index in [4.69, 9.17) is 0 Å². The van der Waals surface area contributed by atoms with Gasteiger partial charge in [-0.05, 0) is 43.5 Å². The smallest absolute Gasteiger partial charge is 0.224 e. The van der Waals surface area contributed by atoms with Gasteiger partial charge in [0.15, 0.2) is 5.78 Å². The number of hydrogen-bond donors (Lipinski definition) is 2. The maximum atomic E-state index is 12.1. The topological polar surface area (TPSA) is 58.2 Å². The third kappa shape index (κ3) is 6.95. The van der Waals surface area contributed by atoms with Gasteiger partial charge in [-0.25, -0.2) is 0 Å². The SMILES string of the molecule is CN[C@@H](Cc1ccc(NC(=O)CCC(C)C)cc1)C(=O)C(C)C. The van der Waals surface area contributed by atoms with Crippen LogP contribution < -0.4 is 10.6 Å². The number of hydrogen-bond acceptors (Lipinski definition) is 3. The van der Waals surface area contributed by atoms with Crippen molar-refractivity contribution in [3.8, 4) is 0 Å². The van der Waals surface area contributed by atoms with Gasteiger partial charge in [0.2, 0.25) is 5.91 Å². The van der Waals surface area contributed by atoms with Crippen LogP contribution in [0.1, 0.15) is 46.1 Å². The van der Waals surface area contributed by atoms with Crippen molar-refractivity contribution in [2.75, 3.05) is 12.4 Å². The number of Topliss-reactive ketones (excluding diaryl/α,β-unsaturated/α-hetero) is 1. The molecular weight excluding hydrogens is 288 g/mol. The Kier molecular flexibility index (Phi) is 7.96. The Labute approximate surface area is 140 Å². The maximum Gasteiger partial charge on any atom is 0.224 e. The van der Waals surface area contributed by atoms with Crippen LogP contribution in [0.2, 0.25) is 0 Å². The number of anilines is 1. The van der Waals surface area contributed by atoms with Gasteiger partial charge < -0.3 is 10.6 Å². The third-order valence-corrected chi connectivity index (χ3v) is 3.89.